The smallest absolute Gasteiger partial charge is 0.254 e. The van der Waals surface area contributed by atoms with E-state index in [1.54, 1.807) is 35.2 Å². The highest BCUT2D eigenvalue weighted by atomic mass is 19.1. The number of ether oxygens (including phenoxy) is 2. The first-order valence-corrected chi connectivity index (χ1v) is 7.77. The molecule has 2 aliphatic rings. The van der Waals surface area contributed by atoms with E-state index in [-0.39, 0.29) is 12.7 Å². The van der Waals surface area contributed by atoms with Gasteiger partial charge in [-0.2, -0.15) is 4.39 Å². The van der Waals surface area contributed by atoms with E-state index in [1.807, 2.05) is 4.90 Å². The Hall–Kier alpha value is -2.83. The van der Waals surface area contributed by atoms with E-state index in [2.05, 4.69) is 4.98 Å². The SMILES string of the molecule is O=C(c1ccc2c(c1)OCO2)N1CCN(c2cccc(F)n2)CC1. The van der Waals surface area contributed by atoms with E-state index < -0.39 is 5.95 Å². The number of pyridine rings is 1. The number of benzene rings is 1. The lowest BCUT2D eigenvalue weighted by Gasteiger charge is -2.35. The summed E-state index contributed by atoms with van der Waals surface area (Å²) in [6.45, 7) is 2.54. The average Bonchev–Trinajstić information content (AvgIpc) is 3.09. The second kappa shape index (κ2) is 5.99. The zero-order chi connectivity index (χ0) is 16.5. The van der Waals surface area contributed by atoms with Crippen LogP contribution in [0.15, 0.2) is 36.4 Å². The Morgan fingerprint density at radius 1 is 1.04 bits per heavy atom. The molecule has 2 aromatic rings. The predicted molar refractivity (Wildman–Crippen MR) is 84.9 cm³/mol. The van der Waals surface area contributed by atoms with E-state index in [0.717, 1.165) is 0 Å². The van der Waals surface area contributed by atoms with Crippen LogP contribution in [0.25, 0.3) is 0 Å². The quantitative estimate of drug-likeness (QED) is 0.788. The van der Waals surface area contributed by atoms with Crippen molar-refractivity contribution in [3.63, 3.8) is 0 Å². The summed E-state index contributed by atoms with van der Waals surface area (Å²) < 4.78 is 23.8. The van der Waals surface area contributed by atoms with Gasteiger partial charge in [-0.3, -0.25) is 4.79 Å². The topological polar surface area (TPSA) is 54.9 Å². The summed E-state index contributed by atoms with van der Waals surface area (Å²) in [5.41, 5.74) is 0.580. The molecule has 1 saturated heterocycles. The molecule has 0 spiro atoms. The second-order valence-electron chi connectivity index (χ2n) is 5.67. The summed E-state index contributed by atoms with van der Waals surface area (Å²) in [7, 11) is 0. The Balaban J connectivity index is 1.43. The first kappa shape index (κ1) is 14.7. The molecule has 0 aliphatic carbocycles. The molecule has 0 unspecified atom stereocenters. The summed E-state index contributed by atoms with van der Waals surface area (Å²) in [5, 5.41) is 0. The van der Waals surface area contributed by atoms with Crippen LogP contribution in [0.4, 0.5) is 10.2 Å². The number of rotatable bonds is 2. The third kappa shape index (κ3) is 2.73. The lowest BCUT2D eigenvalue weighted by Crippen LogP contribution is -2.49. The van der Waals surface area contributed by atoms with Gasteiger partial charge in [0, 0.05) is 31.7 Å². The normalized spacial score (nSPS) is 16.4. The molecular weight excluding hydrogens is 313 g/mol. The first-order valence-electron chi connectivity index (χ1n) is 7.77. The van der Waals surface area contributed by atoms with E-state index >= 15 is 0 Å². The van der Waals surface area contributed by atoms with Gasteiger partial charge in [0.15, 0.2) is 11.5 Å². The number of hydrogen-bond acceptors (Lipinski definition) is 5. The Morgan fingerprint density at radius 3 is 2.62 bits per heavy atom. The molecule has 3 heterocycles. The van der Waals surface area contributed by atoms with Gasteiger partial charge in [-0.1, -0.05) is 6.07 Å². The van der Waals surface area contributed by atoms with Crippen molar-refractivity contribution in [3.05, 3.63) is 47.9 Å². The molecule has 0 atom stereocenters. The molecule has 7 heteroatoms. The number of hydrogen-bond donors (Lipinski definition) is 0. The maximum atomic E-state index is 13.2. The number of piperazine rings is 1. The minimum absolute atomic E-state index is 0.0415. The fraction of sp³-hybridized carbons (Fsp3) is 0.294. The van der Waals surface area contributed by atoms with Gasteiger partial charge in [-0.25, -0.2) is 4.98 Å². The molecule has 1 aromatic heterocycles. The van der Waals surface area contributed by atoms with Gasteiger partial charge in [0.25, 0.3) is 5.91 Å². The highest BCUT2D eigenvalue weighted by Gasteiger charge is 2.24. The van der Waals surface area contributed by atoms with Gasteiger partial charge in [0.2, 0.25) is 12.7 Å². The fourth-order valence-corrected chi connectivity index (χ4v) is 2.92. The molecule has 0 radical (unpaired) electrons. The first-order chi connectivity index (χ1) is 11.7. The molecule has 1 amide bonds. The zero-order valence-electron chi connectivity index (χ0n) is 12.9. The molecular formula is C17H16FN3O3. The van der Waals surface area contributed by atoms with Crippen LogP contribution < -0.4 is 14.4 Å². The molecule has 0 saturated carbocycles. The third-order valence-corrected chi connectivity index (χ3v) is 4.21. The maximum absolute atomic E-state index is 13.2. The number of fused-ring (bicyclic) bond motifs is 1. The van der Waals surface area contributed by atoms with E-state index in [1.165, 1.54) is 6.07 Å². The number of halogens is 1. The largest absolute Gasteiger partial charge is 0.454 e. The van der Waals surface area contributed by atoms with Crippen molar-refractivity contribution in [1.82, 2.24) is 9.88 Å². The molecule has 4 rings (SSSR count). The standard InChI is InChI=1S/C17H16FN3O3/c18-15-2-1-3-16(19-15)20-6-8-21(9-7-20)17(22)12-4-5-13-14(10-12)24-11-23-13/h1-5,10H,6-9,11H2. The number of aromatic nitrogens is 1. The van der Waals surface area contributed by atoms with Gasteiger partial charge in [-0.15, -0.1) is 0 Å². The third-order valence-electron chi connectivity index (χ3n) is 4.21. The molecule has 2 aliphatic heterocycles. The van der Waals surface area contributed by atoms with Gasteiger partial charge in [-0.05, 0) is 30.3 Å². The Kier molecular flexibility index (Phi) is 3.68. The van der Waals surface area contributed by atoms with Crippen LogP contribution in [-0.2, 0) is 0 Å². The van der Waals surface area contributed by atoms with Crippen molar-refractivity contribution >= 4 is 11.7 Å². The molecule has 6 nitrogen and oxygen atoms in total. The Bertz CT molecular complexity index is 775. The van der Waals surface area contributed by atoms with Crippen LogP contribution in [0.3, 0.4) is 0 Å². The zero-order valence-corrected chi connectivity index (χ0v) is 12.9. The summed E-state index contributed by atoms with van der Waals surface area (Å²) in [6, 6.07) is 9.95. The van der Waals surface area contributed by atoms with E-state index in [0.29, 0.717) is 49.1 Å². The molecule has 1 fully saturated rings. The van der Waals surface area contributed by atoms with Gasteiger partial charge in [0.05, 0.1) is 0 Å². The molecule has 0 bridgehead atoms. The Labute approximate surface area is 138 Å². The van der Waals surface area contributed by atoms with Crippen molar-refractivity contribution in [2.45, 2.75) is 0 Å². The molecule has 24 heavy (non-hydrogen) atoms. The lowest BCUT2D eigenvalue weighted by atomic mass is 10.1. The summed E-state index contributed by atoms with van der Waals surface area (Å²) >= 11 is 0. The van der Waals surface area contributed by atoms with Crippen molar-refractivity contribution in [2.24, 2.45) is 0 Å². The molecule has 0 N–H and O–H groups in total. The number of carbonyl (C=O) groups excluding carboxylic acids is 1. The molecule has 1 aromatic carbocycles. The number of amides is 1. The highest BCUT2D eigenvalue weighted by Crippen LogP contribution is 2.32. The summed E-state index contributed by atoms with van der Waals surface area (Å²) in [4.78, 5) is 20.3. The van der Waals surface area contributed by atoms with Crippen LogP contribution >= 0.6 is 0 Å². The van der Waals surface area contributed by atoms with Crippen LogP contribution in [-0.4, -0.2) is 48.8 Å². The van der Waals surface area contributed by atoms with Gasteiger partial charge >= 0.3 is 0 Å². The van der Waals surface area contributed by atoms with Crippen molar-refractivity contribution in [2.75, 3.05) is 37.9 Å². The van der Waals surface area contributed by atoms with Crippen LogP contribution in [0.2, 0.25) is 0 Å². The minimum Gasteiger partial charge on any atom is -0.454 e. The van der Waals surface area contributed by atoms with Gasteiger partial charge in [0.1, 0.15) is 5.82 Å². The van der Waals surface area contributed by atoms with Gasteiger partial charge < -0.3 is 19.3 Å². The average molecular weight is 329 g/mol. The van der Waals surface area contributed by atoms with Crippen LogP contribution in [0.1, 0.15) is 10.4 Å². The van der Waals surface area contributed by atoms with Crippen LogP contribution in [0, 0.1) is 5.95 Å². The fourth-order valence-electron chi connectivity index (χ4n) is 2.92. The number of carbonyl (C=O) groups is 1. The Morgan fingerprint density at radius 2 is 1.83 bits per heavy atom. The second-order valence-corrected chi connectivity index (χ2v) is 5.67. The highest BCUT2D eigenvalue weighted by molar-refractivity contribution is 5.95. The lowest BCUT2D eigenvalue weighted by molar-refractivity contribution is 0.0746. The van der Waals surface area contributed by atoms with Crippen molar-refractivity contribution in [1.29, 1.82) is 0 Å². The summed E-state index contributed by atoms with van der Waals surface area (Å²) in [5.74, 6) is 1.33. The van der Waals surface area contributed by atoms with E-state index in [4.69, 9.17) is 9.47 Å². The number of anilines is 1. The number of nitrogens with zero attached hydrogens (tertiary/aromatic N) is 3. The summed E-state index contributed by atoms with van der Waals surface area (Å²) in [6.07, 6.45) is 0. The van der Waals surface area contributed by atoms with Crippen LogP contribution in [0.5, 0.6) is 11.5 Å². The monoisotopic (exact) mass is 329 g/mol. The van der Waals surface area contributed by atoms with Crippen molar-refractivity contribution < 1.29 is 18.7 Å². The van der Waals surface area contributed by atoms with Crippen molar-refractivity contribution in [3.8, 4) is 11.5 Å². The maximum Gasteiger partial charge on any atom is 0.254 e. The van der Waals surface area contributed by atoms with E-state index in [9.17, 15) is 9.18 Å². The minimum atomic E-state index is -0.494. The molecule has 124 valence electrons. The predicted octanol–water partition coefficient (Wildman–Crippen LogP) is 1.91.